The van der Waals surface area contributed by atoms with Crippen LogP contribution >= 0.6 is 0 Å². The van der Waals surface area contributed by atoms with E-state index in [2.05, 4.69) is 29.6 Å². The molecule has 1 unspecified atom stereocenters. The largest absolute Gasteiger partial charge is 0.550 e. The van der Waals surface area contributed by atoms with Crippen LogP contribution in [0.2, 0.25) is 0 Å². The van der Waals surface area contributed by atoms with Crippen LogP contribution in [0.1, 0.15) is 12.0 Å². The van der Waals surface area contributed by atoms with Crippen molar-refractivity contribution >= 4 is 11.9 Å². The number of quaternary nitrogens is 1. The summed E-state index contributed by atoms with van der Waals surface area (Å²) in [7, 11) is 0. The first-order valence-electron chi connectivity index (χ1n) is 8.10. The number of benzene rings is 2. The number of carbonyl (C=O) groups excluding carboxylic acids is 2. The Labute approximate surface area is 140 Å². The van der Waals surface area contributed by atoms with Gasteiger partial charge in [-0.05, 0) is 11.1 Å². The summed E-state index contributed by atoms with van der Waals surface area (Å²) in [6.45, 7) is 1.91. The maximum Gasteiger partial charge on any atom is 0.278 e. The molecule has 2 atom stereocenters. The maximum absolute atomic E-state index is 11.9. The number of nitrogens with one attached hydrogen (secondary N) is 2. The van der Waals surface area contributed by atoms with Gasteiger partial charge in [-0.3, -0.25) is 4.79 Å². The van der Waals surface area contributed by atoms with Gasteiger partial charge in [0.2, 0.25) is 0 Å². The van der Waals surface area contributed by atoms with E-state index in [4.69, 9.17) is 0 Å². The van der Waals surface area contributed by atoms with Gasteiger partial charge in [0.1, 0.15) is 6.54 Å². The average Bonchev–Trinajstić information content (AvgIpc) is 2.59. The molecule has 5 heteroatoms. The molecular formula is C19H20N2O3. The number of carboxylic acid groups (broad SMARTS) is 1. The Morgan fingerprint density at radius 2 is 1.75 bits per heavy atom. The summed E-state index contributed by atoms with van der Waals surface area (Å²) in [4.78, 5) is 23.8. The van der Waals surface area contributed by atoms with Crippen molar-refractivity contribution in [1.29, 1.82) is 0 Å². The number of carboxylic acids is 1. The van der Waals surface area contributed by atoms with E-state index in [9.17, 15) is 14.7 Å². The number of amides is 1. The van der Waals surface area contributed by atoms with Crippen LogP contribution in [-0.4, -0.2) is 31.0 Å². The Kier molecular flexibility index (Phi) is 4.91. The molecule has 1 fully saturated rings. The molecule has 0 radical (unpaired) electrons. The lowest BCUT2D eigenvalue weighted by Crippen LogP contribution is -3.18. The molecule has 3 rings (SSSR count). The summed E-state index contributed by atoms with van der Waals surface area (Å²) in [5.74, 6) is -1.39. The number of carbonyl (C=O) groups is 2. The molecule has 0 aromatic heterocycles. The summed E-state index contributed by atoms with van der Waals surface area (Å²) in [5, 5.41) is 13.6. The monoisotopic (exact) mass is 324 g/mol. The van der Waals surface area contributed by atoms with Gasteiger partial charge in [-0.15, -0.1) is 0 Å². The SMILES string of the molecule is O=C([O-])C[C@@H]1C(=O)NCC[NH+]1Cc1ccc(-c2ccccc2)cc1. The summed E-state index contributed by atoms with van der Waals surface area (Å²) >= 11 is 0. The first-order valence-corrected chi connectivity index (χ1v) is 8.10. The summed E-state index contributed by atoms with van der Waals surface area (Å²) in [6, 6.07) is 17.7. The van der Waals surface area contributed by atoms with E-state index >= 15 is 0 Å². The van der Waals surface area contributed by atoms with Gasteiger partial charge in [-0.1, -0.05) is 54.6 Å². The zero-order valence-corrected chi connectivity index (χ0v) is 13.3. The van der Waals surface area contributed by atoms with Crippen LogP contribution in [0.5, 0.6) is 0 Å². The first kappa shape index (κ1) is 16.2. The molecule has 1 aliphatic heterocycles. The lowest BCUT2D eigenvalue weighted by Gasteiger charge is -2.32. The van der Waals surface area contributed by atoms with Crippen LogP contribution in [0.3, 0.4) is 0 Å². The van der Waals surface area contributed by atoms with Crippen LogP contribution in [0.4, 0.5) is 0 Å². The molecule has 1 heterocycles. The molecule has 1 saturated heterocycles. The zero-order chi connectivity index (χ0) is 16.9. The first-order chi connectivity index (χ1) is 11.6. The fourth-order valence-electron chi connectivity index (χ4n) is 3.15. The fraction of sp³-hybridized carbons (Fsp3) is 0.263. The normalized spacial score (nSPS) is 20.4. The van der Waals surface area contributed by atoms with E-state index < -0.39 is 12.0 Å². The quantitative estimate of drug-likeness (QED) is 0.770. The molecule has 2 aromatic carbocycles. The average molecular weight is 324 g/mol. The van der Waals surface area contributed by atoms with E-state index in [0.29, 0.717) is 19.6 Å². The van der Waals surface area contributed by atoms with Crippen LogP contribution in [0, 0.1) is 0 Å². The Morgan fingerprint density at radius 3 is 2.42 bits per heavy atom. The number of piperazine rings is 1. The van der Waals surface area contributed by atoms with Crippen LogP contribution < -0.4 is 15.3 Å². The lowest BCUT2D eigenvalue weighted by molar-refractivity contribution is -0.930. The summed E-state index contributed by atoms with van der Waals surface area (Å²) < 4.78 is 0. The van der Waals surface area contributed by atoms with E-state index in [1.54, 1.807) is 0 Å². The van der Waals surface area contributed by atoms with E-state index in [0.717, 1.165) is 21.6 Å². The molecule has 124 valence electrons. The lowest BCUT2D eigenvalue weighted by atomic mass is 10.0. The second kappa shape index (κ2) is 7.27. The topological polar surface area (TPSA) is 73.7 Å². The smallest absolute Gasteiger partial charge is 0.278 e. The highest BCUT2D eigenvalue weighted by Crippen LogP contribution is 2.19. The summed E-state index contributed by atoms with van der Waals surface area (Å²) in [5.41, 5.74) is 3.38. The van der Waals surface area contributed by atoms with Gasteiger partial charge in [0.05, 0.1) is 13.1 Å². The van der Waals surface area contributed by atoms with Crippen molar-refractivity contribution in [3.8, 4) is 11.1 Å². The van der Waals surface area contributed by atoms with E-state index in [1.165, 1.54) is 0 Å². The van der Waals surface area contributed by atoms with Crippen molar-refractivity contribution in [2.24, 2.45) is 0 Å². The standard InChI is InChI=1S/C19H20N2O3/c22-18(23)12-17-19(24)20-10-11-21(17)13-14-6-8-16(9-7-14)15-4-2-1-3-5-15/h1-9,17H,10-13H2,(H,20,24)(H,22,23)/t17-/m1/s1. The van der Waals surface area contributed by atoms with Crippen molar-refractivity contribution in [3.63, 3.8) is 0 Å². The molecule has 2 aromatic rings. The van der Waals surface area contributed by atoms with Crippen molar-refractivity contribution in [2.45, 2.75) is 19.0 Å². The third kappa shape index (κ3) is 3.81. The van der Waals surface area contributed by atoms with Crippen molar-refractivity contribution in [2.75, 3.05) is 13.1 Å². The van der Waals surface area contributed by atoms with Gasteiger partial charge in [0.15, 0.2) is 6.04 Å². The molecule has 1 aliphatic rings. The molecule has 2 N–H and O–H groups in total. The van der Waals surface area contributed by atoms with Gasteiger partial charge in [-0.25, -0.2) is 0 Å². The predicted molar refractivity (Wildman–Crippen MR) is 87.8 cm³/mol. The van der Waals surface area contributed by atoms with Crippen LogP contribution in [0.25, 0.3) is 11.1 Å². The molecule has 0 bridgehead atoms. The predicted octanol–water partition coefficient (Wildman–Crippen LogP) is -0.623. The van der Waals surface area contributed by atoms with Gasteiger partial charge in [0, 0.05) is 18.0 Å². The Morgan fingerprint density at radius 1 is 1.08 bits per heavy atom. The molecule has 1 amide bonds. The minimum absolute atomic E-state index is 0.207. The molecule has 0 spiro atoms. The molecule has 0 saturated carbocycles. The highest BCUT2D eigenvalue weighted by atomic mass is 16.4. The third-order valence-corrected chi connectivity index (χ3v) is 4.42. The number of aliphatic carboxylic acids is 1. The number of hydrogen-bond acceptors (Lipinski definition) is 3. The molecule has 0 aliphatic carbocycles. The fourth-order valence-corrected chi connectivity index (χ4v) is 3.15. The van der Waals surface area contributed by atoms with Crippen LogP contribution in [0.15, 0.2) is 54.6 Å². The second-order valence-corrected chi connectivity index (χ2v) is 6.07. The number of rotatable bonds is 5. The van der Waals surface area contributed by atoms with Gasteiger partial charge >= 0.3 is 0 Å². The van der Waals surface area contributed by atoms with Crippen molar-refractivity contribution in [1.82, 2.24) is 5.32 Å². The molecule has 24 heavy (non-hydrogen) atoms. The number of hydrogen-bond donors (Lipinski definition) is 2. The Hall–Kier alpha value is -2.66. The van der Waals surface area contributed by atoms with E-state index in [-0.39, 0.29) is 12.3 Å². The molecule has 5 nitrogen and oxygen atoms in total. The van der Waals surface area contributed by atoms with Crippen LogP contribution in [-0.2, 0) is 16.1 Å². The third-order valence-electron chi connectivity index (χ3n) is 4.42. The van der Waals surface area contributed by atoms with Gasteiger partial charge in [-0.2, -0.15) is 0 Å². The van der Waals surface area contributed by atoms with Crippen molar-refractivity contribution < 1.29 is 19.6 Å². The van der Waals surface area contributed by atoms with Gasteiger partial charge < -0.3 is 20.1 Å². The molecular weight excluding hydrogens is 304 g/mol. The Bertz CT molecular complexity index is 713. The highest BCUT2D eigenvalue weighted by Gasteiger charge is 2.33. The minimum atomic E-state index is -1.19. The Balaban J connectivity index is 1.72. The van der Waals surface area contributed by atoms with Gasteiger partial charge in [0.25, 0.3) is 5.91 Å². The highest BCUT2D eigenvalue weighted by molar-refractivity contribution is 5.84. The maximum atomic E-state index is 11.9. The zero-order valence-electron chi connectivity index (χ0n) is 13.3. The summed E-state index contributed by atoms with van der Waals surface area (Å²) in [6.07, 6.45) is -0.247. The second-order valence-electron chi connectivity index (χ2n) is 6.07. The minimum Gasteiger partial charge on any atom is -0.550 e. The van der Waals surface area contributed by atoms with Crippen molar-refractivity contribution in [3.05, 3.63) is 60.2 Å². The van der Waals surface area contributed by atoms with E-state index in [1.807, 2.05) is 30.3 Å².